The molecule has 3 aromatic rings. The van der Waals surface area contributed by atoms with E-state index in [4.69, 9.17) is 5.73 Å². The molecule has 1 atom stereocenters. The number of hydrogen-bond acceptors (Lipinski definition) is 4. The summed E-state index contributed by atoms with van der Waals surface area (Å²) in [4.78, 5) is 8.59. The lowest BCUT2D eigenvalue weighted by Crippen LogP contribution is -2.12. The van der Waals surface area contributed by atoms with Crippen LogP contribution in [0.1, 0.15) is 35.2 Å². The van der Waals surface area contributed by atoms with Gasteiger partial charge >= 0.3 is 0 Å². The summed E-state index contributed by atoms with van der Waals surface area (Å²) in [5, 5.41) is 3.48. The quantitative estimate of drug-likeness (QED) is 0.705. The summed E-state index contributed by atoms with van der Waals surface area (Å²) in [7, 11) is 0. The lowest BCUT2D eigenvalue weighted by Gasteiger charge is -2.17. The van der Waals surface area contributed by atoms with Gasteiger partial charge in [0.1, 0.15) is 5.82 Å². The van der Waals surface area contributed by atoms with Gasteiger partial charge in [-0.05, 0) is 37.8 Å². The first-order chi connectivity index (χ1) is 12.1. The van der Waals surface area contributed by atoms with Crippen LogP contribution in [0.5, 0.6) is 0 Å². The molecule has 3 rings (SSSR count). The summed E-state index contributed by atoms with van der Waals surface area (Å²) >= 11 is 0. The van der Waals surface area contributed by atoms with Crippen LogP contribution in [0.25, 0.3) is 0 Å². The normalized spacial score (nSPS) is 11.9. The standard InChI is InChI=1S/C21H24N4/c1-15-8-10-17(11-9-15)12-13-19-14-23-21(22)25-20(19)24-16(2)18-6-4-3-5-7-18/h3-11,14,16H,12-13H2,1-2H3,(H3,22,23,24,25). The minimum atomic E-state index is 0.147. The minimum Gasteiger partial charge on any atom is -0.368 e. The third kappa shape index (κ3) is 4.57. The molecule has 3 N–H and O–H groups in total. The molecule has 0 amide bonds. The highest BCUT2D eigenvalue weighted by atomic mass is 15.1. The van der Waals surface area contributed by atoms with Crippen molar-refractivity contribution in [1.82, 2.24) is 9.97 Å². The predicted molar refractivity (Wildman–Crippen MR) is 104 cm³/mol. The molecule has 4 nitrogen and oxygen atoms in total. The number of nitrogen functional groups attached to an aromatic ring is 1. The summed E-state index contributed by atoms with van der Waals surface area (Å²) in [5.41, 5.74) is 10.7. The summed E-state index contributed by atoms with van der Waals surface area (Å²) in [6.45, 7) is 4.22. The van der Waals surface area contributed by atoms with Gasteiger partial charge in [0.15, 0.2) is 0 Å². The van der Waals surface area contributed by atoms with E-state index in [1.807, 2.05) is 24.4 Å². The van der Waals surface area contributed by atoms with Gasteiger partial charge in [-0.3, -0.25) is 0 Å². The number of aryl methyl sites for hydroxylation is 3. The van der Waals surface area contributed by atoms with Gasteiger partial charge in [0.25, 0.3) is 0 Å². The lowest BCUT2D eigenvalue weighted by molar-refractivity contribution is 0.855. The van der Waals surface area contributed by atoms with E-state index in [0.717, 1.165) is 24.2 Å². The number of nitrogens with zero attached hydrogens (tertiary/aromatic N) is 2. The first-order valence-corrected chi connectivity index (χ1v) is 8.60. The third-order valence-corrected chi connectivity index (χ3v) is 4.34. The molecule has 1 unspecified atom stereocenters. The number of nitrogens with one attached hydrogen (secondary N) is 1. The van der Waals surface area contributed by atoms with Gasteiger partial charge < -0.3 is 11.1 Å². The first-order valence-electron chi connectivity index (χ1n) is 8.60. The zero-order valence-electron chi connectivity index (χ0n) is 14.7. The average Bonchev–Trinajstić information content (AvgIpc) is 2.63. The van der Waals surface area contributed by atoms with Crippen LogP contribution < -0.4 is 11.1 Å². The largest absolute Gasteiger partial charge is 0.368 e. The van der Waals surface area contributed by atoms with Gasteiger partial charge in [-0.15, -0.1) is 0 Å². The molecule has 0 fully saturated rings. The summed E-state index contributed by atoms with van der Waals surface area (Å²) in [6, 6.07) is 19.1. The van der Waals surface area contributed by atoms with Crippen LogP contribution in [0.3, 0.4) is 0 Å². The van der Waals surface area contributed by atoms with E-state index in [2.05, 4.69) is 65.5 Å². The first kappa shape index (κ1) is 17.0. The molecule has 0 bridgehead atoms. The van der Waals surface area contributed by atoms with E-state index in [1.165, 1.54) is 16.7 Å². The molecule has 0 radical (unpaired) electrons. The lowest BCUT2D eigenvalue weighted by atomic mass is 10.0. The van der Waals surface area contributed by atoms with Crippen molar-refractivity contribution in [3.05, 3.63) is 83.0 Å². The zero-order chi connectivity index (χ0) is 17.6. The van der Waals surface area contributed by atoms with Gasteiger partial charge in [-0.1, -0.05) is 60.2 Å². The van der Waals surface area contributed by atoms with E-state index in [-0.39, 0.29) is 6.04 Å². The Morgan fingerprint density at radius 3 is 2.44 bits per heavy atom. The van der Waals surface area contributed by atoms with Crippen molar-refractivity contribution in [3.8, 4) is 0 Å². The Kier molecular flexibility index (Phi) is 5.29. The second-order valence-corrected chi connectivity index (χ2v) is 6.36. The van der Waals surface area contributed by atoms with Crippen molar-refractivity contribution in [2.75, 3.05) is 11.1 Å². The molecule has 2 aromatic carbocycles. The van der Waals surface area contributed by atoms with E-state index >= 15 is 0 Å². The van der Waals surface area contributed by atoms with E-state index in [0.29, 0.717) is 5.95 Å². The Bertz CT molecular complexity index is 813. The molecule has 25 heavy (non-hydrogen) atoms. The van der Waals surface area contributed by atoms with Crippen LogP contribution in [-0.2, 0) is 12.8 Å². The maximum atomic E-state index is 5.80. The monoisotopic (exact) mass is 332 g/mol. The van der Waals surface area contributed by atoms with Crippen molar-refractivity contribution in [1.29, 1.82) is 0 Å². The molecule has 0 aliphatic heterocycles. The Morgan fingerprint density at radius 2 is 1.72 bits per heavy atom. The van der Waals surface area contributed by atoms with E-state index < -0.39 is 0 Å². The molecule has 0 saturated carbocycles. The number of benzene rings is 2. The number of aromatic nitrogens is 2. The fraction of sp³-hybridized carbons (Fsp3) is 0.238. The minimum absolute atomic E-state index is 0.147. The van der Waals surface area contributed by atoms with Gasteiger partial charge in [0.05, 0.1) is 0 Å². The average molecular weight is 332 g/mol. The summed E-state index contributed by atoms with van der Waals surface area (Å²) < 4.78 is 0. The topological polar surface area (TPSA) is 63.8 Å². The number of anilines is 2. The zero-order valence-corrected chi connectivity index (χ0v) is 14.7. The molecule has 0 aliphatic carbocycles. The van der Waals surface area contributed by atoms with Crippen LogP contribution in [0.4, 0.5) is 11.8 Å². The molecule has 0 saturated heterocycles. The summed E-state index contributed by atoms with van der Waals surface area (Å²) in [6.07, 6.45) is 3.64. The van der Waals surface area contributed by atoms with Crippen molar-refractivity contribution in [2.45, 2.75) is 32.7 Å². The molecule has 4 heteroatoms. The Hall–Kier alpha value is -2.88. The predicted octanol–water partition coefficient (Wildman–Crippen LogP) is 4.33. The summed E-state index contributed by atoms with van der Waals surface area (Å²) in [5.74, 6) is 1.11. The Labute approximate surface area is 149 Å². The maximum Gasteiger partial charge on any atom is 0.221 e. The molecule has 1 heterocycles. The fourth-order valence-corrected chi connectivity index (χ4v) is 2.79. The van der Waals surface area contributed by atoms with Gasteiger partial charge in [-0.25, -0.2) is 4.98 Å². The second-order valence-electron chi connectivity index (χ2n) is 6.36. The number of hydrogen-bond donors (Lipinski definition) is 2. The maximum absolute atomic E-state index is 5.80. The number of rotatable bonds is 6. The fourth-order valence-electron chi connectivity index (χ4n) is 2.79. The van der Waals surface area contributed by atoms with Crippen LogP contribution in [0.15, 0.2) is 60.8 Å². The molecule has 128 valence electrons. The van der Waals surface area contributed by atoms with Crippen molar-refractivity contribution < 1.29 is 0 Å². The van der Waals surface area contributed by atoms with Gasteiger partial charge in [-0.2, -0.15) is 4.98 Å². The second kappa shape index (κ2) is 7.79. The van der Waals surface area contributed by atoms with E-state index in [1.54, 1.807) is 0 Å². The smallest absolute Gasteiger partial charge is 0.221 e. The van der Waals surface area contributed by atoms with Crippen LogP contribution in [0, 0.1) is 6.92 Å². The number of nitrogens with two attached hydrogens (primary N) is 1. The highest BCUT2D eigenvalue weighted by Crippen LogP contribution is 2.22. The molecule has 0 aliphatic rings. The molecule has 1 aromatic heterocycles. The highest BCUT2D eigenvalue weighted by Gasteiger charge is 2.11. The van der Waals surface area contributed by atoms with Crippen LogP contribution in [-0.4, -0.2) is 9.97 Å². The Balaban J connectivity index is 1.74. The SMILES string of the molecule is Cc1ccc(CCc2cnc(N)nc2NC(C)c2ccccc2)cc1. The third-order valence-electron chi connectivity index (χ3n) is 4.34. The molecule has 0 spiro atoms. The van der Waals surface area contributed by atoms with Crippen molar-refractivity contribution in [2.24, 2.45) is 0 Å². The molecular weight excluding hydrogens is 308 g/mol. The van der Waals surface area contributed by atoms with E-state index in [9.17, 15) is 0 Å². The Morgan fingerprint density at radius 1 is 1.00 bits per heavy atom. The van der Waals surface area contributed by atoms with Gasteiger partial charge in [0.2, 0.25) is 5.95 Å². The van der Waals surface area contributed by atoms with Crippen LogP contribution >= 0.6 is 0 Å². The van der Waals surface area contributed by atoms with Crippen molar-refractivity contribution in [3.63, 3.8) is 0 Å². The highest BCUT2D eigenvalue weighted by molar-refractivity contribution is 5.48. The van der Waals surface area contributed by atoms with Gasteiger partial charge in [0, 0.05) is 17.8 Å². The molecular formula is C21H24N4. The van der Waals surface area contributed by atoms with Crippen molar-refractivity contribution >= 4 is 11.8 Å². The van der Waals surface area contributed by atoms with Crippen LogP contribution in [0.2, 0.25) is 0 Å².